The van der Waals surface area contributed by atoms with Crippen LogP contribution >= 0.6 is 22.9 Å². The molecule has 0 saturated heterocycles. The van der Waals surface area contributed by atoms with Crippen molar-refractivity contribution in [1.82, 2.24) is 5.32 Å². The van der Waals surface area contributed by atoms with E-state index in [1.165, 1.54) is 0 Å². The maximum atomic E-state index is 11.8. The fourth-order valence-electron chi connectivity index (χ4n) is 1.53. The number of carbonyl (C=O) groups excluding carboxylic acids is 1. The summed E-state index contributed by atoms with van der Waals surface area (Å²) < 4.78 is 0. The Morgan fingerprint density at radius 2 is 2.31 bits per heavy atom. The number of thiophene rings is 1. The normalized spacial score (nSPS) is 12.8. The van der Waals surface area contributed by atoms with Crippen LogP contribution in [0.1, 0.15) is 25.8 Å². The van der Waals surface area contributed by atoms with Crippen LogP contribution in [0, 0.1) is 5.92 Å². The van der Waals surface area contributed by atoms with E-state index in [4.69, 9.17) is 11.6 Å². The Labute approximate surface area is 106 Å². The molecule has 0 aliphatic heterocycles. The van der Waals surface area contributed by atoms with Gasteiger partial charge in [0.15, 0.2) is 0 Å². The van der Waals surface area contributed by atoms with Crippen LogP contribution in [0.3, 0.4) is 0 Å². The van der Waals surface area contributed by atoms with Crippen molar-refractivity contribution < 1.29 is 4.79 Å². The third kappa shape index (κ3) is 4.54. The van der Waals surface area contributed by atoms with Crippen molar-refractivity contribution in [1.29, 1.82) is 0 Å². The molecule has 90 valence electrons. The molecule has 1 N–H and O–H groups in total. The first-order valence-corrected chi connectivity index (χ1v) is 6.97. The largest absolute Gasteiger partial charge is 0.353 e. The molecule has 2 nitrogen and oxygen atoms in total. The molecule has 4 heteroatoms. The van der Waals surface area contributed by atoms with E-state index in [0.717, 1.165) is 12.0 Å². The quantitative estimate of drug-likeness (QED) is 0.782. The summed E-state index contributed by atoms with van der Waals surface area (Å²) >= 11 is 7.33. The molecule has 1 rings (SSSR count). The van der Waals surface area contributed by atoms with Gasteiger partial charge < -0.3 is 5.32 Å². The average molecular weight is 260 g/mol. The van der Waals surface area contributed by atoms with Gasteiger partial charge in [-0.05, 0) is 34.7 Å². The summed E-state index contributed by atoms with van der Waals surface area (Å²) in [6, 6.07) is 2.17. The first kappa shape index (κ1) is 13.5. The topological polar surface area (TPSA) is 29.1 Å². The van der Waals surface area contributed by atoms with Gasteiger partial charge in [-0.3, -0.25) is 4.79 Å². The highest BCUT2D eigenvalue weighted by molar-refractivity contribution is 7.07. The lowest BCUT2D eigenvalue weighted by atomic mass is 10.0. The number of nitrogens with one attached hydrogen (secondary N) is 1. The van der Waals surface area contributed by atoms with E-state index in [1.54, 1.807) is 11.3 Å². The van der Waals surface area contributed by atoms with Gasteiger partial charge in [0.25, 0.3) is 0 Å². The summed E-state index contributed by atoms with van der Waals surface area (Å²) in [5, 5.41) is 7.03. The van der Waals surface area contributed by atoms with Crippen molar-refractivity contribution in [3.63, 3.8) is 0 Å². The Kier molecular flexibility index (Phi) is 5.85. The van der Waals surface area contributed by atoms with Crippen LogP contribution in [0.5, 0.6) is 0 Å². The Morgan fingerprint density at radius 1 is 1.56 bits per heavy atom. The third-order valence-electron chi connectivity index (χ3n) is 2.52. The average Bonchev–Trinajstić information content (AvgIpc) is 2.69. The predicted octanol–water partition coefficient (Wildman–Crippen LogP) is 3.06. The lowest BCUT2D eigenvalue weighted by Gasteiger charge is -2.21. The van der Waals surface area contributed by atoms with E-state index < -0.39 is 0 Å². The fraction of sp³-hybridized carbons (Fsp3) is 0.583. The predicted molar refractivity (Wildman–Crippen MR) is 70.1 cm³/mol. The lowest BCUT2D eigenvalue weighted by molar-refractivity contribution is -0.121. The molecule has 16 heavy (non-hydrogen) atoms. The number of amides is 1. The first-order chi connectivity index (χ1) is 7.63. The van der Waals surface area contributed by atoms with Gasteiger partial charge in [0, 0.05) is 11.9 Å². The van der Waals surface area contributed by atoms with Crippen LogP contribution in [0.15, 0.2) is 16.8 Å². The molecule has 0 saturated carbocycles. The smallest absolute Gasteiger partial charge is 0.224 e. The van der Waals surface area contributed by atoms with E-state index in [9.17, 15) is 4.79 Å². The molecule has 1 atom stereocenters. The standard InChI is InChI=1S/C12H18ClNOS/c1-9(2)11(3-5-13)14-12(15)7-10-4-6-16-8-10/h4,6,8-9,11H,3,5,7H2,1-2H3,(H,14,15). The summed E-state index contributed by atoms with van der Waals surface area (Å²) in [6.07, 6.45) is 1.30. The highest BCUT2D eigenvalue weighted by atomic mass is 35.5. The summed E-state index contributed by atoms with van der Waals surface area (Å²) in [7, 11) is 0. The second kappa shape index (κ2) is 6.92. The van der Waals surface area contributed by atoms with Crippen molar-refractivity contribution in [2.75, 3.05) is 5.88 Å². The van der Waals surface area contributed by atoms with Gasteiger partial charge >= 0.3 is 0 Å². The van der Waals surface area contributed by atoms with Crippen molar-refractivity contribution in [3.8, 4) is 0 Å². The molecule has 0 aliphatic rings. The molecule has 1 amide bonds. The minimum atomic E-state index is 0.0854. The maximum absolute atomic E-state index is 11.8. The maximum Gasteiger partial charge on any atom is 0.224 e. The van der Waals surface area contributed by atoms with Crippen LogP contribution in [-0.2, 0) is 11.2 Å². The zero-order valence-electron chi connectivity index (χ0n) is 9.70. The second-order valence-corrected chi connectivity index (χ2v) is 5.36. The van der Waals surface area contributed by atoms with Crippen molar-refractivity contribution in [2.24, 2.45) is 5.92 Å². The molecule has 0 radical (unpaired) electrons. The monoisotopic (exact) mass is 259 g/mol. The Morgan fingerprint density at radius 3 is 2.81 bits per heavy atom. The molecule has 1 aromatic rings. The van der Waals surface area contributed by atoms with Crippen LogP contribution in [0.4, 0.5) is 0 Å². The van der Waals surface area contributed by atoms with Crippen LogP contribution < -0.4 is 5.32 Å². The summed E-state index contributed by atoms with van der Waals surface area (Å²) in [5.41, 5.74) is 1.08. The molecular formula is C12H18ClNOS. The minimum absolute atomic E-state index is 0.0854. The highest BCUT2D eigenvalue weighted by Crippen LogP contribution is 2.09. The van der Waals surface area contributed by atoms with Crippen LogP contribution in [0.2, 0.25) is 0 Å². The van der Waals surface area contributed by atoms with Gasteiger partial charge in [-0.25, -0.2) is 0 Å². The molecular weight excluding hydrogens is 242 g/mol. The number of halogens is 1. The van der Waals surface area contributed by atoms with Gasteiger partial charge in [-0.15, -0.1) is 11.6 Å². The number of carbonyl (C=O) groups is 1. The Hall–Kier alpha value is -0.540. The van der Waals surface area contributed by atoms with E-state index in [1.807, 2.05) is 16.8 Å². The SMILES string of the molecule is CC(C)C(CCCl)NC(=O)Cc1ccsc1. The lowest BCUT2D eigenvalue weighted by Crippen LogP contribution is -2.39. The van der Waals surface area contributed by atoms with E-state index in [-0.39, 0.29) is 11.9 Å². The van der Waals surface area contributed by atoms with Gasteiger partial charge in [-0.1, -0.05) is 13.8 Å². The summed E-state index contributed by atoms with van der Waals surface area (Å²) in [5.74, 6) is 1.09. The number of rotatable bonds is 6. The molecule has 1 unspecified atom stereocenters. The molecule has 0 spiro atoms. The molecule has 0 aromatic carbocycles. The van der Waals surface area contributed by atoms with Gasteiger partial charge in [0.2, 0.25) is 5.91 Å². The zero-order valence-corrected chi connectivity index (χ0v) is 11.3. The fourth-order valence-corrected chi connectivity index (χ4v) is 2.43. The van der Waals surface area contributed by atoms with Crippen LogP contribution in [0.25, 0.3) is 0 Å². The minimum Gasteiger partial charge on any atom is -0.353 e. The van der Waals surface area contributed by atoms with Crippen molar-refractivity contribution >= 4 is 28.8 Å². The number of alkyl halides is 1. The first-order valence-electron chi connectivity index (χ1n) is 5.50. The molecule has 1 heterocycles. The van der Waals surface area contributed by atoms with Crippen molar-refractivity contribution in [3.05, 3.63) is 22.4 Å². The second-order valence-electron chi connectivity index (χ2n) is 4.20. The molecule has 0 aliphatic carbocycles. The third-order valence-corrected chi connectivity index (χ3v) is 3.47. The van der Waals surface area contributed by atoms with Gasteiger partial charge in [-0.2, -0.15) is 11.3 Å². The number of hydrogen-bond acceptors (Lipinski definition) is 2. The molecule has 0 bridgehead atoms. The van der Waals surface area contributed by atoms with Crippen molar-refractivity contribution in [2.45, 2.75) is 32.7 Å². The Bertz CT molecular complexity index is 311. The van der Waals surface area contributed by atoms with Gasteiger partial charge in [0.05, 0.1) is 6.42 Å². The molecule has 1 aromatic heterocycles. The van der Waals surface area contributed by atoms with Crippen LogP contribution in [-0.4, -0.2) is 17.8 Å². The zero-order chi connectivity index (χ0) is 12.0. The van der Waals surface area contributed by atoms with E-state index in [2.05, 4.69) is 19.2 Å². The number of hydrogen-bond donors (Lipinski definition) is 1. The molecule has 0 fully saturated rings. The highest BCUT2D eigenvalue weighted by Gasteiger charge is 2.15. The van der Waals surface area contributed by atoms with E-state index >= 15 is 0 Å². The Balaban J connectivity index is 2.42. The van der Waals surface area contributed by atoms with E-state index in [0.29, 0.717) is 18.2 Å². The van der Waals surface area contributed by atoms with Gasteiger partial charge in [0.1, 0.15) is 0 Å². The summed E-state index contributed by atoms with van der Waals surface area (Å²) in [4.78, 5) is 11.8. The summed E-state index contributed by atoms with van der Waals surface area (Å²) in [6.45, 7) is 4.20.